The Morgan fingerprint density at radius 2 is 1.52 bits per heavy atom. The molecule has 1 aliphatic heterocycles. The van der Waals surface area contributed by atoms with Crippen molar-refractivity contribution in [3.8, 4) is 17.2 Å². The molecule has 1 saturated heterocycles. The second-order valence-corrected chi connectivity index (χ2v) is 9.63. The minimum absolute atomic E-state index is 0.197. The average molecular weight is 547 g/mol. The van der Waals surface area contributed by atoms with Gasteiger partial charge in [0.1, 0.15) is 17.5 Å². The van der Waals surface area contributed by atoms with Crippen molar-refractivity contribution in [1.82, 2.24) is 14.9 Å². The van der Waals surface area contributed by atoms with Gasteiger partial charge in [0.2, 0.25) is 0 Å². The highest BCUT2D eigenvalue weighted by Crippen LogP contribution is 2.42. The van der Waals surface area contributed by atoms with E-state index in [1.165, 1.54) is 7.11 Å². The predicted molar refractivity (Wildman–Crippen MR) is 158 cm³/mol. The number of rotatable bonds is 7. The standard InChI is InChI=1S/C32H26N4O3S/c1-38-31(37)22-12-14-23(15-13-22)35-21-7-11-28(35)30-29(27-10-5-6-20-33-27)34-32(40)36(30)24-16-18-26(19-17-24)39-25-8-3-2-4-9-25/h2-21,29-30H,1H3,(H,34,40)/t29-,30+/m1/s1. The third-order valence-electron chi connectivity index (χ3n) is 6.84. The molecule has 3 heterocycles. The van der Waals surface area contributed by atoms with Gasteiger partial charge in [0.05, 0.1) is 24.4 Å². The smallest absolute Gasteiger partial charge is 0.337 e. The van der Waals surface area contributed by atoms with Crippen molar-refractivity contribution in [1.29, 1.82) is 0 Å². The minimum atomic E-state index is -0.370. The number of thiocarbonyl (C=S) groups is 1. The zero-order chi connectivity index (χ0) is 27.5. The Morgan fingerprint density at radius 3 is 2.23 bits per heavy atom. The van der Waals surface area contributed by atoms with Crippen molar-refractivity contribution < 1.29 is 14.3 Å². The van der Waals surface area contributed by atoms with Crippen molar-refractivity contribution in [2.75, 3.05) is 12.0 Å². The third-order valence-corrected chi connectivity index (χ3v) is 7.16. The van der Waals surface area contributed by atoms with Gasteiger partial charge in [-0.1, -0.05) is 24.3 Å². The van der Waals surface area contributed by atoms with Crippen LogP contribution in [0.15, 0.2) is 122 Å². The summed E-state index contributed by atoms with van der Waals surface area (Å²) in [5.74, 6) is 1.14. The number of ether oxygens (including phenoxy) is 2. The number of carbonyl (C=O) groups excluding carboxylic acids is 1. The fraction of sp³-hybridized carbons (Fsp3) is 0.0938. The Hall–Kier alpha value is -4.95. The summed E-state index contributed by atoms with van der Waals surface area (Å²) in [4.78, 5) is 18.8. The lowest BCUT2D eigenvalue weighted by Crippen LogP contribution is -2.30. The second-order valence-electron chi connectivity index (χ2n) is 9.25. The van der Waals surface area contributed by atoms with Crippen molar-refractivity contribution in [3.63, 3.8) is 0 Å². The van der Waals surface area contributed by atoms with E-state index in [0.717, 1.165) is 34.3 Å². The average Bonchev–Trinajstić information content (AvgIpc) is 3.62. The molecule has 5 aromatic rings. The summed E-state index contributed by atoms with van der Waals surface area (Å²) < 4.78 is 13.0. The van der Waals surface area contributed by atoms with Crippen LogP contribution in [0, 0.1) is 0 Å². The van der Waals surface area contributed by atoms with Crippen LogP contribution >= 0.6 is 12.2 Å². The van der Waals surface area contributed by atoms with Crippen LogP contribution in [0.1, 0.15) is 33.8 Å². The molecule has 2 atom stereocenters. The lowest BCUT2D eigenvalue weighted by atomic mass is 10.0. The number of pyridine rings is 1. The number of anilines is 1. The van der Waals surface area contributed by atoms with E-state index in [9.17, 15) is 4.79 Å². The summed E-state index contributed by atoms with van der Waals surface area (Å²) in [6.07, 6.45) is 3.80. The van der Waals surface area contributed by atoms with Crippen LogP contribution in [-0.4, -0.2) is 27.7 Å². The van der Waals surface area contributed by atoms with Gasteiger partial charge in [-0.2, -0.15) is 0 Å². The molecular weight excluding hydrogens is 520 g/mol. The SMILES string of the molecule is COC(=O)c1ccc(-n2cccc2[C@H]2[C@@H](c3ccccn3)NC(=S)N2c2ccc(Oc3ccccc3)cc2)cc1. The number of para-hydroxylation sites is 1. The largest absolute Gasteiger partial charge is 0.465 e. The molecule has 8 heteroatoms. The van der Waals surface area contributed by atoms with Gasteiger partial charge in [0, 0.05) is 29.5 Å². The molecule has 7 nitrogen and oxygen atoms in total. The zero-order valence-electron chi connectivity index (χ0n) is 21.7. The molecule has 0 amide bonds. The lowest BCUT2D eigenvalue weighted by molar-refractivity contribution is 0.0600. The second kappa shape index (κ2) is 11.0. The number of nitrogens with zero attached hydrogens (tertiary/aromatic N) is 3. The van der Waals surface area contributed by atoms with E-state index in [1.54, 1.807) is 18.3 Å². The maximum Gasteiger partial charge on any atom is 0.337 e. The molecule has 0 saturated carbocycles. The summed E-state index contributed by atoms with van der Waals surface area (Å²) in [6.45, 7) is 0. The first-order valence-electron chi connectivity index (χ1n) is 12.8. The maximum atomic E-state index is 12.0. The number of aromatic nitrogens is 2. The van der Waals surface area contributed by atoms with Crippen molar-refractivity contribution in [2.45, 2.75) is 12.1 Å². The highest BCUT2D eigenvalue weighted by atomic mass is 32.1. The Labute approximate surface area is 237 Å². The van der Waals surface area contributed by atoms with Crippen LogP contribution in [0.2, 0.25) is 0 Å². The number of esters is 1. The van der Waals surface area contributed by atoms with E-state index in [2.05, 4.69) is 25.8 Å². The maximum absolute atomic E-state index is 12.0. The molecule has 2 aromatic heterocycles. The lowest BCUT2D eigenvalue weighted by Gasteiger charge is -2.29. The number of hydrogen-bond acceptors (Lipinski definition) is 5. The van der Waals surface area contributed by atoms with Gasteiger partial charge in [-0.25, -0.2) is 4.79 Å². The van der Waals surface area contributed by atoms with Gasteiger partial charge in [-0.15, -0.1) is 0 Å². The predicted octanol–water partition coefficient (Wildman–Crippen LogP) is 6.63. The summed E-state index contributed by atoms with van der Waals surface area (Å²) in [7, 11) is 1.38. The van der Waals surface area contributed by atoms with Crippen LogP contribution in [0.3, 0.4) is 0 Å². The molecule has 1 N–H and O–H groups in total. The first-order valence-corrected chi connectivity index (χ1v) is 13.2. The molecule has 1 fully saturated rings. The summed E-state index contributed by atoms with van der Waals surface area (Å²) in [6, 6.07) is 34.5. The molecule has 40 heavy (non-hydrogen) atoms. The van der Waals surface area contributed by atoms with Crippen LogP contribution in [-0.2, 0) is 4.74 Å². The molecule has 1 aliphatic rings. The van der Waals surface area contributed by atoms with E-state index in [4.69, 9.17) is 21.7 Å². The zero-order valence-corrected chi connectivity index (χ0v) is 22.5. The van der Waals surface area contributed by atoms with Crippen LogP contribution in [0.25, 0.3) is 5.69 Å². The van der Waals surface area contributed by atoms with Crippen LogP contribution in [0.4, 0.5) is 5.69 Å². The van der Waals surface area contributed by atoms with Crippen LogP contribution in [0.5, 0.6) is 11.5 Å². The number of carbonyl (C=O) groups is 1. The van der Waals surface area contributed by atoms with Gasteiger partial charge >= 0.3 is 5.97 Å². The molecular formula is C32H26N4O3S. The van der Waals surface area contributed by atoms with Gasteiger partial charge in [-0.05, 0) is 97.1 Å². The molecule has 0 spiro atoms. The highest BCUT2D eigenvalue weighted by Gasteiger charge is 2.42. The molecule has 0 aliphatic carbocycles. The fourth-order valence-corrected chi connectivity index (χ4v) is 5.32. The summed E-state index contributed by atoms with van der Waals surface area (Å²) >= 11 is 5.90. The third kappa shape index (κ3) is 4.92. The normalized spacial score (nSPS) is 16.4. The number of hydrogen-bond donors (Lipinski definition) is 1. The number of benzene rings is 3. The molecule has 0 unspecified atom stereocenters. The summed E-state index contributed by atoms with van der Waals surface area (Å²) in [5, 5.41) is 4.11. The van der Waals surface area contributed by atoms with Gasteiger partial charge < -0.3 is 24.3 Å². The minimum Gasteiger partial charge on any atom is -0.465 e. The topological polar surface area (TPSA) is 68.6 Å². The van der Waals surface area contributed by atoms with Gasteiger partial charge in [-0.3, -0.25) is 4.98 Å². The van der Waals surface area contributed by atoms with E-state index < -0.39 is 0 Å². The fourth-order valence-electron chi connectivity index (χ4n) is 4.98. The summed E-state index contributed by atoms with van der Waals surface area (Å²) in [5.41, 5.74) is 4.23. The molecule has 0 radical (unpaired) electrons. The Morgan fingerprint density at radius 1 is 0.825 bits per heavy atom. The van der Waals surface area contributed by atoms with Crippen molar-refractivity contribution >= 4 is 29.0 Å². The van der Waals surface area contributed by atoms with E-state index in [0.29, 0.717) is 10.7 Å². The molecule has 3 aromatic carbocycles. The van der Waals surface area contributed by atoms with Gasteiger partial charge in [0.15, 0.2) is 5.11 Å². The first kappa shape index (κ1) is 25.3. The van der Waals surface area contributed by atoms with E-state index in [1.807, 2.05) is 97.2 Å². The molecule has 6 rings (SSSR count). The quantitative estimate of drug-likeness (QED) is 0.182. The highest BCUT2D eigenvalue weighted by molar-refractivity contribution is 7.80. The van der Waals surface area contributed by atoms with E-state index in [-0.39, 0.29) is 18.1 Å². The first-order chi connectivity index (χ1) is 19.6. The van der Waals surface area contributed by atoms with E-state index >= 15 is 0 Å². The number of methoxy groups -OCH3 is 1. The molecule has 198 valence electrons. The Kier molecular flexibility index (Phi) is 6.99. The molecule has 0 bridgehead atoms. The van der Waals surface area contributed by atoms with Crippen molar-refractivity contribution in [2.24, 2.45) is 0 Å². The van der Waals surface area contributed by atoms with Crippen LogP contribution < -0.4 is 15.0 Å². The monoisotopic (exact) mass is 546 g/mol. The number of nitrogens with one attached hydrogen (secondary N) is 1. The van der Waals surface area contributed by atoms with Crippen molar-refractivity contribution in [3.05, 3.63) is 139 Å². The van der Waals surface area contributed by atoms with Gasteiger partial charge in [0.25, 0.3) is 0 Å². The Bertz CT molecular complexity index is 1620. The Balaban J connectivity index is 1.38.